The number of rotatable bonds is 1. The number of fused-ring (bicyclic) bond motifs is 10. The van der Waals surface area contributed by atoms with E-state index in [0.29, 0.717) is 5.92 Å². The van der Waals surface area contributed by atoms with E-state index in [2.05, 4.69) is 168 Å². The Labute approximate surface area is 320 Å². The van der Waals surface area contributed by atoms with E-state index in [0.717, 1.165) is 6.67 Å². The SMILES string of the molecule is Cc1cc2[c-]c(c1)C(C)(C)N1[C]3=[Pt]=[C]4N(CN3c3cc(C5CCCCC5)ccc31)c1c(cccc1C(C)(C)C)N4C(C)(C)c1[c-]c(ccc1)C2(C)C. The van der Waals surface area contributed by atoms with Crippen LogP contribution in [0.15, 0.2) is 66.7 Å². The first kappa shape index (κ1) is 34.3. The normalized spacial score (nSPS) is 21.4. The molecule has 6 bridgehead atoms. The van der Waals surface area contributed by atoms with E-state index in [1.165, 1.54) is 102 Å². The Morgan fingerprint density at radius 1 is 0.654 bits per heavy atom. The van der Waals surface area contributed by atoms with Gasteiger partial charge in [-0.3, -0.25) is 0 Å². The number of hydrogen-bond donors (Lipinski definition) is 0. The van der Waals surface area contributed by atoms with Crippen LogP contribution >= 0.6 is 0 Å². The molecule has 4 nitrogen and oxygen atoms in total. The van der Waals surface area contributed by atoms with Crippen molar-refractivity contribution < 1.29 is 17.6 Å². The third-order valence-corrected chi connectivity index (χ3v) is 16.0. The molecule has 4 heterocycles. The summed E-state index contributed by atoms with van der Waals surface area (Å²) in [6.45, 7) is 24.6. The zero-order valence-corrected chi connectivity index (χ0v) is 35.0. The first-order chi connectivity index (χ1) is 24.6. The van der Waals surface area contributed by atoms with Crippen molar-refractivity contribution in [2.75, 3.05) is 26.3 Å². The monoisotopic (exact) mass is 869 g/mol. The van der Waals surface area contributed by atoms with E-state index in [1.807, 2.05) is 0 Å². The molecule has 0 radical (unpaired) electrons. The molecule has 1 fully saturated rings. The molecule has 0 amide bonds. The predicted octanol–water partition coefficient (Wildman–Crippen LogP) is 10.6. The van der Waals surface area contributed by atoms with Gasteiger partial charge in [0.15, 0.2) is 0 Å². The van der Waals surface area contributed by atoms with Crippen LogP contribution in [0.5, 0.6) is 0 Å². The van der Waals surface area contributed by atoms with Crippen molar-refractivity contribution in [3.05, 3.63) is 118 Å². The van der Waals surface area contributed by atoms with Gasteiger partial charge in [0, 0.05) is 0 Å². The summed E-state index contributed by atoms with van der Waals surface area (Å²) in [4.78, 5) is 10.9. The molecule has 0 N–H and O–H groups in total. The standard InChI is InChI=1S/C47H54N4.Pt/c1-32-24-37-28-38(25-32)47(9,10)50-30-48(42-26-34(22-23-40(42)50)33-16-12-11-13-17-33)29-49-31-51(41-21-15-20-39(43(41)49)44(2,3)4)46(7,8)36-19-14-18-35(27-36)45(37,5)6;/h14-15,18-26,33H,11-13,16-17,29H2,1-10H3;/q-2;. The molecule has 1 saturated carbocycles. The molecule has 4 aromatic rings. The van der Waals surface area contributed by atoms with Crippen LogP contribution in [0.25, 0.3) is 0 Å². The Kier molecular flexibility index (Phi) is 7.59. The fourth-order valence-electron chi connectivity index (χ4n) is 9.44. The average molecular weight is 870 g/mol. The molecule has 274 valence electrons. The molecule has 5 aliphatic rings. The van der Waals surface area contributed by atoms with Gasteiger partial charge in [-0.1, -0.05) is 0 Å². The fourth-order valence-corrected chi connectivity index (χ4v) is 13.7. The minimum atomic E-state index is -0.666. The van der Waals surface area contributed by atoms with Gasteiger partial charge >= 0.3 is 322 Å². The van der Waals surface area contributed by atoms with Crippen LogP contribution in [0.3, 0.4) is 0 Å². The number of nitrogens with zero attached hydrogens (tertiary/aromatic N) is 4. The fraction of sp³-hybridized carbons (Fsp3) is 0.447. The van der Waals surface area contributed by atoms with Gasteiger partial charge in [0.05, 0.1) is 0 Å². The minimum absolute atomic E-state index is 0.00331. The molecule has 52 heavy (non-hydrogen) atoms. The van der Waals surface area contributed by atoms with Gasteiger partial charge in [0.25, 0.3) is 0 Å². The first-order valence-corrected chi connectivity index (χ1v) is 21.7. The number of anilines is 4. The molecule has 0 atom stereocenters. The Balaban J connectivity index is 1.38. The van der Waals surface area contributed by atoms with E-state index in [4.69, 9.17) is 0 Å². The van der Waals surface area contributed by atoms with Crippen molar-refractivity contribution in [3.8, 4) is 0 Å². The van der Waals surface area contributed by atoms with Crippen LogP contribution in [-0.4, -0.2) is 15.0 Å². The molecular formula is C47H54N4Pt-2. The molecule has 1 aliphatic carbocycles. The summed E-state index contributed by atoms with van der Waals surface area (Å²) < 4.78 is 2.94. The summed E-state index contributed by atoms with van der Waals surface area (Å²) in [5.41, 5.74) is 13.6. The molecule has 4 aliphatic heterocycles. The van der Waals surface area contributed by atoms with Gasteiger partial charge in [0.2, 0.25) is 0 Å². The first-order valence-electron chi connectivity index (χ1n) is 19.4. The van der Waals surface area contributed by atoms with Crippen LogP contribution < -0.4 is 19.6 Å². The number of para-hydroxylation sites is 1. The van der Waals surface area contributed by atoms with Gasteiger partial charge < -0.3 is 0 Å². The van der Waals surface area contributed by atoms with Crippen molar-refractivity contribution in [2.45, 2.75) is 129 Å². The summed E-state index contributed by atoms with van der Waals surface area (Å²) in [5, 5.41) is 0. The maximum atomic E-state index is 4.06. The predicted molar refractivity (Wildman–Crippen MR) is 216 cm³/mol. The topological polar surface area (TPSA) is 13.0 Å². The van der Waals surface area contributed by atoms with Crippen LogP contribution in [0.2, 0.25) is 0 Å². The molecule has 0 spiro atoms. The number of hydrogen-bond acceptors (Lipinski definition) is 4. The Morgan fingerprint density at radius 3 is 2.04 bits per heavy atom. The van der Waals surface area contributed by atoms with Crippen molar-refractivity contribution >= 4 is 31.0 Å². The Hall–Kier alpha value is -3.49. The second-order valence-corrected chi connectivity index (χ2v) is 21.0. The molecule has 0 aromatic heterocycles. The van der Waals surface area contributed by atoms with Crippen LogP contribution in [0.4, 0.5) is 22.7 Å². The van der Waals surface area contributed by atoms with E-state index < -0.39 is 17.6 Å². The Bertz CT molecular complexity index is 2200. The molecule has 9 rings (SSSR count). The van der Waals surface area contributed by atoms with Gasteiger partial charge in [-0.15, -0.1) is 0 Å². The summed E-state index contributed by atoms with van der Waals surface area (Å²) in [6.07, 6.45) is 6.69. The van der Waals surface area contributed by atoms with Crippen molar-refractivity contribution in [1.29, 1.82) is 0 Å². The third-order valence-electron chi connectivity index (χ3n) is 12.7. The van der Waals surface area contributed by atoms with E-state index >= 15 is 0 Å². The van der Waals surface area contributed by atoms with Gasteiger partial charge in [-0.25, -0.2) is 0 Å². The van der Waals surface area contributed by atoms with Crippen LogP contribution in [0.1, 0.15) is 139 Å². The zero-order valence-electron chi connectivity index (χ0n) is 32.8. The Morgan fingerprint density at radius 2 is 1.29 bits per heavy atom. The van der Waals surface area contributed by atoms with Crippen molar-refractivity contribution in [2.24, 2.45) is 0 Å². The van der Waals surface area contributed by atoms with Gasteiger partial charge in [-0.2, -0.15) is 0 Å². The summed E-state index contributed by atoms with van der Waals surface area (Å²) in [7, 11) is 0. The molecule has 0 saturated heterocycles. The van der Waals surface area contributed by atoms with Gasteiger partial charge in [-0.05, 0) is 0 Å². The van der Waals surface area contributed by atoms with E-state index in [-0.39, 0.29) is 21.9 Å². The van der Waals surface area contributed by atoms with Crippen LogP contribution in [0, 0.1) is 19.1 Å². The summed E-state index contributed by atoms with van der Waals surface area (Å²) in [6, 6.07) is 34.3. The van der Waals surface area contributed by atoms with E-state index in [1.54, 1.807) is 0 Å². The maximum absolute atomic E-state index is 4.06. The third kappa shape index (κ3) is 4.95. The second-order valence-electron chi connectivity index (χ2n) is 18.4. The average Bonchev–Trinajstić information content (AvgIpc) is 3.62. The molecule has 5 heteroatoms. The molecule has 4 aromatic carbocycles. The zero-order chi connectivity index (χ0) is 36.5. The molecule has 0 unspecified atom stereocenters. The summed E-state index contributed by atoms with van der Waals surface area (Å²) >= 11 is -0.666. The number of benzene rings is 4. The summed E-state index contributed by atoms with van der Waals surface area (Å²) in [5.74, 6) is 0.658. The van der Waals surface area contributed by atoms with E-state index in [9.17, 15) is 0 Å². The van der Waals surface area contributed by atoms with Gasteiger partial charge in [0.1, 0.15) is 0 Å². The van der Waals surface area contributed by atoms with Crippen LogP contribution in [-0.2, 0) is 39.5 Å². The second kappa shape index (κ2) is 11.5. The quantitative estimate of drug-likeness (QED) is 0.177. The van der Waals surface area contributed by atoms with Crippen molar-refractivity contribution in [3.63, 3.8) is 0 Å². The molecular weight excluding hydrogens is 816 g/mol. The number of aryl methyl sites for hydroxylation is 1. The van der Waals surface area contributed by atoms with Crippen molar-refractivity contribution in [1.82, 2.24) is 0 Å².